The highest BCUT2D eigenvalue weighted by molar-refractivity contribution is 5.47. The van der Waals surface area contributed by atoms with Crippen LogP contribution in [-0.2, 0) is 0 Å². The molecular formula is C13H17F3N2. The van der Waals surface area contributed by atoms with E-state index in [2.05, 4.69) is 17.1 Å². The van der Waals surface area contributed by atoms with Crippen molar-refractivity contribution in [3.8, 4) is 0 Å². The number of likely N-dealkylation sites (tertiary alicyclic amines) is 1. The molecule has 1 fully saturated rings. The van der Waals surface area contributed by atoms with Gasteiger partial charge >= 0.3 is 0 Å². The molecule has 0 bridgehead atoms. The average molecular weight is 258 g/mol. The van der Waals surface area contributed by atoms with Gasteiger partial charge in [0, 0.05) is 30.8 Å². The van der Waals surface area contributed by atoms with Crippen LogP contribution in [0.4, 0.5) is 18.9 Å². The van der Waals surface area contributed by atoms with Gasteiger partial charge in [-0.05, 0) is 26.8 Å². The van der Waals surface area contributed by atoms with Crippen LogP contribution in [0.5, 0.6) is 0 Å². The van der Waals surface area contributed by atoms with Gasteiger partial charge in [0.15, 0.2) is 11.6 Å². The van der Waals surface area contributed by atoms with Crippen LogP contribution in [0.15, 0.2) is 12.1 Å². The molecule has 0 saturated carbocycles. The third kappa shape index (κ3) is 2.77. The van der Waals surface area contributed by atoms with E-state index in [9.17, 15) is 13.2 Å². The van der Waals surface area contributed by atoms with Gasteiger partial charge in [0.25, 0.3) is 0 Å². The SMILES string of the molecule is CC1CC(Nc2c(F)cc(F)cc2F)CCN1C. The maximum absolute atomic E-state index is 13.5. The van der Waals surface area contributed by atoms with Crippen LogP contribution in [0.1, 0.15) is 19.8 Å². The zero-order valence-corrected chi connectivity index (χ0v) is 10.5. The molecule has 1 aromatic carbocycles. The Hall–Kier alpha value is -1.23. The number of hydrogen-bond acceptors (Lipinski definition) is 2. The molecule has 2 nitrogen and oxygen atoms in total. The summed E-state index contributed by atoms with van der Waals surface area (Å²) in [7, 11) is 2.03. The Kier molecular flexibility index (Phi) is 3.80. The number of piperidine rings is 1. The fraction of sp³-hybridized carbons (Fsp3) is 0.538. The normalized spacial score (nSPS) is 25.2. The predicted octanol–water partition coefficient (Wildman–Crippen LogP) is 3.00. The zero-order chi connectivity index (χ0) is 13.3. The summed E-state index contributed by atoms with van der Waals surface area (Å²) >= 11 is 0. The van der Waals surface area contributed by atoms with Crippen LogP contribution in [0, 0.1) is 17.5 Å². The molecule has 100 valence electrons. The summed E-state index contributed by atoms with van der Waals surface area (Å²) in [5.74, 6) is -2.65. The molecule has 2 rings (SSSR count). The van der Waals surface area contributed by atoms with Gasteiger partial charge in [-0.25, -0.2) is 13.2 Å². The van der Waals surface area contributed by atoms with Crippen molar-refractivity contribution in [1.29, 1.82) is 0 Å². The number of nitrogens with zero attached hydrogens (tertiary/aromatic N) is 1. The Morgan fingerprint density at radius 2 is 1.83 bits per heavy atom. The van der Waals surface area contributed by atoms with Crippen molar-refractivity contribution in [2.24, 2.45) is 0 Å². The topological polar surface area (TPSA) is 15.3 Å². The quantitative estimate of drug-likeness (QED) is 0.877. The largest absolute Gasteiger partial charge is 0.377 e. The van der Waals surface area contributed by atoms with Crippen molar-refractivity contribution in [1.82, 2.24) is 4.90 Å². The first-order chi connectivity index (χ1) is 8.47. The van der Waals surface area contributed by atoms with E-state index in [4.69, 9.17) is 0 Å². The Balaban J connectivity index is 2.10. The summed E-state index contributed by atoms with van der Waals surface area (Å²) in [5.41, 5.74) is -0.224. The van der Waals surface area contributed by atoms with Crippen LogP contribution < -0.4 is 5.32 Å². The summed E-state index contributed by atoms with van der Waals surface area (Å²) < 4.78 is 39.8. The lowest BCUT2D eigenvalue weighted by Crippen LogP contribution is -2.42. The van der Waals surface area contributed by atoms with Crippen LogP contribution in [0.2, 0.25) is 0 Å². The Morgan fingerprint density at radius 3 is 2.39 bits per heavy atom. The summed E-state index contributed by atoms with van der Waals surface area (Å²) in [4.78, 5) is 2.20. The fourth-order valence-electron chi connectivity index (χ4n) is 2.30. The first-order valence-electron chi connectivity index (χ1n) is 6.08. The Bertz CT molecular complexity index is 413. The van der Waals surface area contributed by atoms with Gasteiger partial charge in [0.2, 0.25) is 0 Å². The third-order valence-electron chi connectivity index (χ3n) is 3.56. The molecule has 0 aromatic heterocycles. The van der Waals surface area contributed by atoms with E-state index in [-0.39, 0.29) is 11.7 Å². The van der Waals surface area contributed by atoms with Crippen molar-refractivity contribution >= 4 is 5.69 Å². The lowest BCUT2D eigenvalue weighted by molar-refractivity contribution is 0.189. The van der Waals surface area contributed by atoms with Crippen LogP contribution >= 0.6 is 0 Å². The second kappa shape index (κ2) is 5.18. The van der Waals surface area contributed by atoms with Gasteiger partial charge in [0.05, 0.1) is 0 Å². The molecular weight excluding hydrogens is 241 g/mol. The van der Waals surface area contributed by atoms with Crippen LogP contribution in [-0.4, -0.2) is 30.6 Å². The van der Waals surface area contributed by atoms with Gasteiger partial charge < -0.3 is 10.2 Å². The number of anilines is 1. The van der Waals surface area contributed by atoms with Gasteiger partial charge in [-0.1, -0.05) is 0 Å². The van der Waals surface area contributed by atoms with E-state index in [0.29, 0.717) is 18.2 Å². The summed E-state index contributed by atoms with van der Waals surface area (Å²) in [5, 5.41) is 2.85. The second-order valence-corrected chi connectivity index (χ2v) is 4.94. The van der Waals surface area contributed by atoms with E-state index in [1.807, 2.05) is 7.05 Å². The highest BCUT2D eigenvalue weighted by atomic mass is 19.1. The molecule has 2 atom stereocenters. The van der Waals surface area contributed by atoms with Gasteiger partial charge in [-0.3, -0.25) is 0 Å². The van der Waals surface area contributed by atoms with E-state index >= 15 is 0 Å². The first-order valence-corrected chi connectivity index (χ1v) is 6.08. The Labute approximate surface area is 105 Å². The van der Waals surface area contributed by atoms with Crippen molar-refractivity contribution in [3.05, 3.63) is 29.6 Å². The molecule has 0 aliphatic carbocycles. The molecule has 1 saturated heterocycles. The summed E-state index contributed by atoms with van der Waals surface area (Å²) in [6.07, 6.45) is 1.63. The smallest absolute Gasteiger partial charge is 0.152 e. The number of benzene rings is 1. The number of rotatable bonds is 2. The molecule has 5 heteroatoms. The van der Waals surface area contributed by atoms with E-state index in [1.165, 1.54) is 0 Å². The fourth-order valence-corrected chi connectivity index (χ4v) is 2.30. The molecule has 18 heavy (non-hydrogen) atoms. The average Bonchev–Trinajstić information content (AvgIpc) is 2.28. The summed E-state index contributed by atoms with van der Waals surface area (Å²) in [6.45, 7) is 2.95. The van der Waals surface area contributed by atoms with E-state index in [1.54, 1.807) is 0 Å². The lowest BCUT2D eigenvalue weighted by Gasteiger charge is -2.35. The molecule has 0 spiro atoms. The molecule has 0 amide bonds. The first kappa shape index (κ1) is 13.2. The maximum atomic E-state index is 13.5. The van der Waals surface area contributed by atoms with Crippen molar-refractivity contribution in [3.63, 3.8) is 0 Å². The Morgan fingerprint density at radius 1 is 1.22 bits per heavy atom. The molecule has 0 radical (unpaired) electrons. The van der Waals surface area contributed by atoms with Gasteiger partial charge in [-0.15, -0.1) is 0 Å². The molecule has 1 aliphatic rings. The standard InChI is InChI=1S/C13H17F3N2/c1-8-5-10(3-4-18(8)2)17-13-11(15)6-9(14)7-12(13)16/h6-8,10,17H,3-5H2,1-2H3. The van der Waals surface area contributed by atoms with E-state index in [0.717, 1.165) is 19.4 Å². The second-order valence-electron chi connectivity index (χ2n) is 4.94. The number of halogens is 3. The summed E-state index contributed by atoms with van der Waals surface area (Å²) in [6, 6.07) is 1.78. The minimum atomic E-state index is -0.896. The third-order valence-corrected chi connectivity index (χ3v) is 3.56. The highest BCUT2D eigenvalue weighted by Gasteiger charge is 2.24. The number of nitrogens with one attached hydrogen (secondary N) is 1. The van der Waals surface area contributed by atoms with E-state index < -0.39 is 17.5 Å². The minimum absolute atomic E-state index is 0.0191. The maximum Gasteiger partial charge on any atom is 0.152 e. The molecule has 1 N–H and O–H groups in total. The van der Waals surface area contributed by atoms with Crippen molar-refractivity contribution < 1.29 is 13.2 Å². The monoisotopic (exact) mass is 258 g/mol. The minimum Gasteiger partial charge on any atom is -0.377 e. The van der Waals surface area contributed by atoms with Crippen LogP contribution in [0.25, 0.3) is 0 Å². The van der Waals surface area contributed by atoms with Gasteiger partial charge in [0.1, 0.15) is 11.5 Å². The molecule has 1 aromatic rings. The molecule has 1 aliphatic heterocycles. The van der Waals surface area contributed by atoms with Crippen molar-refractivity contribution in [2.75, 3.05) is 18.9 Å². The predicted molar refractivity (Wildman–Crippen MR) is 65.1 cm³/mol. The zero-order valence-electron chi connectivity index (χ0n) is 10.5. The molecule has 2 unspecified atom stereocenters. The number of hydrogen-bond donors (Lipinski definition) is 1. The van der Waals surface area contributed by atoms with Gasteiger partial charge in [-0.2, -0.15) is 0 Å². The van der Waals surface area contributed by atoms with Crippen molar-refractivity contribution in [2.45, 2.75) is 31.8 Å². The lowest BCUT2D eigenvalue weighted by atomic mass is 9.98. The van der Waals surface area contributed by atoms with Crippen LogP contribution in [0.3, 0.4) is 0 Å². The molecule has 1 heterocycles. The highest BCUT2D eigenvalue weighted by Crippen LogP contribution is 2.25.